The molecule has 1 saturated heterocycles. The van der Waals surface area contributed by atoms with Crippen molar-refractivity contribution < 1.29 is 0 Å². The highest BCUT2D eigenvalue weighted by Gasteiger charge is 2.24. The summed E-state index contributed by atoms with van der Waals surface area (Å²) in [6.07, 6.45) is 1.28. The first kappa shape index (κ1) is 12.6. The number of nitrogens with one attached hydrogen (secondary N) is 1. The van der Waals surface area contributed by atoms with Crippen LogP contribution in [0.25, 0.3) is 0 Å². The summed E-state index contributed by atoms with van der Waals surface area (Å²) in [6, 6.07) is 11.5. The molecule has 1 aliphatic heterocycles. The molecule has 94 valence electrons. The van der Waals surface area contributed by atoms with Gasteiger partial charge in [0.1, 0.15) is 0 Å². The van der Waals surface area contributed by atoms with Crippen molar-refractivity contribution in [3.05, 3.63) is 35.9 Å². The molecule has 2 heteroatoms. The fourth-order valence-corrected chi connectivity index (χ4v) is 2.78. The Morgan fingerprint density at radius 1 is 1.29 bits per heavy atom. The van der Waals surface area contributed by atoms with Gasteiger partial charge in [-0.3, -0.25) is 4.90 Å². The maximum atomic E-state index is 3.59. The molecule has 1 aromatic carbocycles. The minimum absolute atomic E-state index is 0.715. The Labute approximate surface area is 105 Å². The molecule has 0 spiro atoms. The van der Waals surface area contributed by atoms with Crippen LogP contribution in [-0.2, 0) is 6.54 Å². The molecule has 1 N–H and O–H groups in total. The minimum Gasteiger partial charge on any atom is -0.314 e. The predicted molar refractivity (Wildman–Crippen MR) is 73.0 cm³/mol. The first-order chi connectivity index (χ1) is 8.29. The molecule has 2 atom stereocenters. The predicted octanol–water partition coefficient (Wildman–Crippen LogP) is 2.51. The van der Waals surface area contributed by atoms with Crippen LogP contribution in [0.1, 0.15) is 25.8 Å². The van der Waals surface area contributed by atoms with Crippen LogP contribution < -0.4 is 5.32 Å². The van der Waals surface area contributed by atoms with Crippen LogP contribution in [0.3, 0.4) is 0 Å². The standard InChI is InChI=1S/C15H24N2/c1-3-16-15-9-10-17(11-13(15)2)12-14-7-5-4-6-8-14/h4-8,13,15-16H,3,9-12H2,1-2H3/t13-,15-/m0/s1. The molecule has 0 unspecified atom stereocenters. The zero-order valence-corrected chi connectivity index (χ0v) is 11.0. The lowest BCUT2D eigenvalue weighted by Gasteiger charge is -2.37. The van der Waals surface area contributed by atoms with Crippen LogP contribution in [0.4, 0.5) is 0 Å². The van der Waals surface area contributed by atoms with Crippen LogP contribution in [0.15, 0.2) is 30.3 Å². The van der Waals surface area contributed by atoms with Crippen molar-refractivity contribution in [1.82, 2.24) is 10.2 Å². The Hall–Kier alpha value is -0.860. The highest BCUT2D eigenvalue weighted by molar-refractivity contribution is 5.14. The smallest absolute Gasteiger partial charge is 0.0233 e. The average molecular weight is 232 g/mol. The summed E-state index contributed by atoms with van der Waals surface area (Å²) in [5, 5.41) is 3.59. The lowest BCUT2D eigenvalue weighted by atomic mass is 9.93. The molecule has 0 saturated carbocycles. The molecule has 0 bridgehead atoms. The number of hydrogen-bond acceptors (Lipinski definition) is 2. The lowest BCUT2D eigenvalue weighted by molar-refractivity contribution is 0.142. The van der Waals surface area contributed by atoms with Gasteiger partial charge in [0.25, 0.3) is 0 Å². The van der Waals surface area contributed by atoms with Gasteiger partial charge in [0, 0.05) is 19.1 Å². The van der Waals surface area contributed by atoms with Crippen molar-refractivity contribution in [2.75, 3.05) is 19.6 Å². The van der Waals surface area contributed by atoms with E-state index < -0.39 is 0 Å². The van der Waals surface area contributed by atoms with E-state index in [0.717, 1.165) is 19.0 Å². The number of likely N-dealkylation sites (tertiary alicyclic amines) is 1. The van der Waals surface area contributed by atoms with E-state index in [-0.39, 0.29) is 0 Å². The summed E-state index contributed by atoms with van der Waals surface area (Å²) < 4.78 is 0. The van der Waals surface area contributed by atoms with Crippen molar-refractivity contribution in [2.45, 2.75) is 32.9 Å². The van der Waals surface area contributed by atoms with Gasteiger partial charge in [-0.1, -0.05) is 44.2 Å². The molecule has 1 heterocycles. The Morgan fingerprint density at radius 2 is 2.06 bits per heavy atom. The zero-order chi connectivity index (χ0) is 12.1. The van der Waals surface area contributed by atoms with Gasteiger partial charge in [-0.15, -0.1) is 0 Å². The molecule has 2 rings (SSSR count). The summed E-state index contributed by atoms with van der Waals surface area (Å²) in [4.78, 5) is 2.58. The number of rotatable bonds is 4. The SMILES string of the molecule is CCN[C@H]1CCN(Cc2ccccc2)C[C@@H]1C. The molecule has 0 aliphatic carbocycles. The monoisotopic (exact) mass is 232 g/mol. The van der Waals surface area contributed by atoms with E-state index in [2.05, 4.69) is 54.4 Å². The highest BCUT2D eigenvalue weighted by atomic mass is 15.1. The van der Waals surface area contributed by atoms with Gasteiger partial charge < -0.3 is 5.32 Å². The molecular weight excluding hydrogens is 208 g/mol. The van der Waals surface area contributed by atoms with E-state index in [1.165, 1.54) is 25.1 Å². The second-order valence-electron chi connectivity index (χ2n) is 5.15. The van der Waals surface area contributed by atoms with Crippen molar-refractivity contribution in [1.29, 1.82) is 0 Å². The second kappa shape index (κ2) is 6.18. The third kappa shape index (κ3) is 3.55. The average Bonchev–Trinajstić information content (AvgIpc) is 2.34. The van der Waals surface area contributed by atoms with Gasteiger partial charge in [-0.2, -0.15) is 0 Å². The normalized spacial score (nSPS) is 26.0. The maximum Gasteiger partial charge on any atom is 0.0233 e. The van der Waals surface area contributed by atoms with Crippen LogP contribution in [0, 0.1) is 5.92 Å². The van der Waals surface area contributed by atoms with Gasteiger partial charge in [-0.25, -0.2) is 0 Å². The maximum absolute atomic E-state index is 3.59. The minimum atomic E-state index is 0.715. The molecule has 2 nitrogen and oxygen atoms in total. The van der Waals surface area contributed by atoms with E-state index >= 15 is 0 Å². The molecule has 17 heavy (non-hydrogen) atoms. The summed E-state index contributed by atoms with van der Waals surface area (Å²) in [5.74, 6) is 0.757. The Balaban J connectivity index is 1.85. The van der Waals surface area contributed by atoms with Crippen LogP contribution >= 0.6 is 0 Å². The number of hydrogen-bond donors (Lipinski definition) is 1. The van der Waals surface area contributed by atoms with Gasteiger partial charge in [0.2, 0.25) is 0 Å². The summed E-state index contributed by atoms with van der Waals surface area (Å²) in [5.41, 5.74) is 1.43. The van der Waals surface area contributed by atoms with E-state index in [1.807, 2.05) is 0 Å². The topological polar surface area (TPSA) is 15.3 Å². The van der Waals surface area contributed by atoms with E-state index in [9.17, 15) is 0 Å². The second-order valence-corrected chi connectivity index (χ2v) is 5.15. The van der Waals surface area contributed by atoms with Gasteiger partial charge in [0.15, 0.2) is 0 Å². The number of nitrogens with zero attached hydrogens (tertiary/aromatic N) is 1. The fraction of sp³-hybridized carbons (Fsp3) is 0.600. The summed E-state index contributed by atoms with van der Waals surface area (Å²) in [6.45, 7) is 9.19. The van der Waals surface area contributed by atoms with Crippen molar-refractivity contribution in [3.63, 3.8) is 0 Å². The molecule has 0 amide bonds. The molecule has 1 fully saturated rings. The third-order valence-electron chi connectivity index (χ3n) is 3.70. The first-order valence-electron chi connectivity index (χ1n) is 6.79. The Morgan fingerprint density at radius 3 is 2.71 bits per heavy atom. The molecule has 0 aromatic heterocycles. The fourth-order valence-electron chi connectivity index (χ4n) is 2.78. The quantitative estimate of drug-likeness (QED) is 0.858. The summed E-state index contributed by atoms with van der Waals surface area (Å²) >= 11 is 0. The molecule has 1 aromatic rings. The van der Waals surface area contributed by atoms with Gasteiger partial charge in [-0.05, 0) is 31.0 Å². The largest absolute Gasteiger partial charge is 0.314 e. The van der Waals surface area contributed by atoms with Crippen LogP contribution in [0.2, 0.25) is 0 Å². The van der Waals surface area contributed by atoms with Crippen molar-refractivity contribution in [2.24, 2.45) is 5.92 Å². The van der Waals surface area contributed by atoms with Gasteiger partial charge >= 0.3 is 0 Å². The van der Waals surface area contributed by atoms with Crippen molar-refractivity contribution in [3.8, 4) is 0 Å². The van der Waals surface area contributed by atoms with E-state index in [1.54, 1.807) is 0 Å². The molecule has 0 radical (unpaired) electrons. The van der Waals surface area contributed by atoms with Crippen molar-refractivity contribution >= 4 is 0 Å². The Bertz CT molecular complexity index is 323. The Kier molecular flexibility index (Phi) is 4.57. The van der Waals surface area contributed by atoms with Crippen LogP contribution in [0.5, 0.6) is 0 Å². The third-order valence-corrected chi connectivity index (χ3v) is 3.70. The van der Waals surface area contributed by atoms with E-state index in [0.29, 0.717) is 6.04 Å². The molecular formula is C15H24N2. The highest BCUT2D eigenvalue weighted by Crippen LogP contribution is 2.18. The molecule has 1 aliphatic rings. The van der Waals surface area contributed by atoms with Crippen LogP contribution in [-0.4, -0.2) is 30.6 Å². The number of piperidine rings is 1. The van der Waals surface area contributed by atoms with E-state index in [4.69, 9.17) is 0 Å². The zero-order valence-electron chi connectivity index (χ0n) is 11.0. The first-order valence-corrected chi connectivity index (χ1v) is 6.79. The lowest BCUT2D eigenvalue weighted by Crippen LogP contribution is -2.47. The van der Waals surface area contributed by atoms with Gasteiger partial charge in [0.05, 0.1) is 0 Å². The summed E-state index contributed by atoms with van der Waals surface area (Å²) in [7, 11) is 0. The number of benzene rings is 1.